The first kappa shape index (κ1) is 14.3. The summed E-state index contributed by atoms with van der Waals surface area (Å²) in [6.07, 6.45) is 4.65. The van der Waals surface area contributed by atoms with Gasteiger partial charge in [-0.1, -0.05) is 35.5 Å². The van der Waals surface area contributed by atoms with Gasteiger partial charge in [0.25, 0.3) is 0 Å². The van der Waals surface area contributed by atoms with Crippen LogP contribution in [0.3, 0.4) is 0 Å². The molecule has 112 valence electrons. The van der Waals surface area contributed by atoms with Crippen molar-refractivity contribution in [3.63, 3.8) is 0 Å². The minimum absolute atomic E-state index is 0.505. The third-order valence-corrected chi connectivity index (χ3v) is 3.60. The lowest BCUT2D eigenvalue weighted by atomic mass is 10.1. The van der Waals surface area contributed by atoms with E-state index in [1.54, 1.807) is 0 Å². The fourth-order valence-corrected chi connectivity index (χ4v) is 2.24. The SMILES string of the molecule is c1ccc(CCCOCc2cc(CNC3CC3)no2)cc1. The summed E-state index contributed by atoms with van der Waals surface area (Å²) < 4.78 is 10.9. The highest BCUT2D eigenvalue weighted by atomic mass is 16.5. The number of benzene rings is 1. The molecule has 1 aliphatic carbocycles. The number of ether oxygens (including phenoxy) is 1. The minimum Gasteiger partial charge on any atom is -0.373 e. The first-order valence-electron chi connectivity index (χ1n) is 7.70. The summed E-state index contributed by atoms with van der Waals surface area (Å²) in [6.45, 7) is 2.04. The van der Waals surface area contributed by atoms with Crippen LogP contribution in [0.4, 0.5) is 0 Å². The highest BCUT2D eigenvalue weighted by Crippen LogP contribution is 2.19. The Morgan fingerprint density at radius 1 is 1.24 bits per heavy atom. The summed E-state index contributed by atoms with van der Waals surface area (Å²) in [7, 11) is 0. The van der Waals surface area contributed by atoms with E-state index < -0.39 is 0 Å². The molecule has 4 heteroatoms. The molecule has 0 unspecified atom stereocenters. The molecular weight excluding hydrogens is 264 g/mol. The van der Waals surface area contributed by atoms with E-state index in [1.165, 1.54) is 18.4 Å². The Hall–Kier alpha value is -1.65. The number of hydrogen-bond donors (Lipinski definition) is 1. The summed E-state index contributed by atoms with van der Waals surface area (Å²) in [5, 5.41) is 7.46. The van der Waals surface area contributed by atoms with Crippen LogP contribution in [0.15, 0.2) is 40.9 Å². The average molecular weight is 286 g/mol. The fraction of sp³-hybridized carbons (Fsp3) is 0.471. The van der Waals surface area contributed by atoms with Crippen LogP contribution in [0.2, 0.25) is 0 Å². The maximum absolute atomic E-state index is 5.64. The lowest BCUT2D eigenvalue weighted by molar-refractivity contribution is 0.0992. The second-order valence-electron chi connectivity index (χ2n) is 5.58. The Morgan fingerprint density at radius 3 is 2.90 bits per heavy atom. The molecule has 1 saturated carbocycles. The van der Waals surface area contributed by atoms with E-state index in [4.69, 9.17) is 9.26 Å². The smallest absolute Gasteiger partial charge is 0.162 e. The van der Waals surface area contributed by atoms with Gasteiger partial charge in [0.15, 0.2) is 5.76 Å². The minimum atomic E-state index is 0.505. The predicted molar refractivity (Wildman–Crippen MR) is 80.8 cm³/mol. The summed E-state index contributed by atoms with van der Waals surface area (Å²) in [6, 6.07) is 13.2. The van der Waals surface area contributed by atoms with Gasteiger partial charge in [0.2, 0.25) is 0 Å². The molecule has 1 aromatic heterocycles. The molecule has 0 saturated heterocycles. The average Bonchev–Trinajstić information content (AvgIpc) is 3.25. The van der Waals surface area contributed by atoms with Gasteiger partial charge < -0.3 is 14.6 Å². The van der Waals surface area contributed by atoms with Crippen molar-refractivity contribution in [2.24, 2.45) is 0 Å². The van der Waals surface area contributed by atoms with Gasteiger partial charge >= 0.3 is 0 Å². The van der Waals surface area contributed by atoms with E-state index in [1.807, 2.05) is 12.1 Å². The van der Waals surface area contributed by atoms with Crippen molar-refractivity contribution in [3.8, 4) is 0 Å². The van der Waals surface area contributed by atoms with Gasteiger partial charge in [-0.15, -0.1) is 0 Å². The quantitative estimate of drug-likeness (QED) is 0.720. The Labute approximate surface area is 125 Å². The van der Waals surface area contributed by atoms with Crippen molar-refractivity contribution in [2.75, 3.05) is 6.61 Å². The van der Waals surface area contributed by atoms with Crippen molar-refractivity contribution in [1.29, 1.82) is 0 Å². The van der Waals surface area contributed by atoms with Crippen LogP contribution in [0, 0.1) is 0 Å². The fourth-order valence-electron chi connectivity index (χ4n) is 2.24. The van der Waals surface area contributed by atoms with Gasteiger partial charge in [-0.2, -0.15) is 0 Å². The number of hydrogen-bond acceptors (Lipinski definition) is 4. The highest BCUT2D eigenvalue weighted by molar-refractivity contribution is 5.14. The van der Waals surface area contributed by atoms with Gasteiger partial charge in [0.1, 0.15) is 6.61 Å². The molecule has 3 rings (SSSR count). The molecule has 21 heavy (non-hydrogen) atoms. The zero-order valence-electron chi connectivity index (χ0n) is 12.3. The maximum Gasteiger partial charge on any atom is 0.162 e. The normalized spacial score (nSPS) is 14.5. The maximum atomic E-state index is 5.64. The molecule has 4 nitrogen and oxygen atoms in total. The van der Waals surface area contributed by atoms with Crippen LogP contribution in [0.1, 0.15) is 36.3 Å². The van der Waals surface area contributed by atoms with Crippen LogP contribution in [0.25, 0.3) is 0 Å². The van der Waals surface area contributed by atoms with Crippen LogP contribution >= 0.6 is 0 Å². The lowest BCUT2D eigenvalue weighted by Gasteiger charge is -2.02. The van der Waals surface area contributed by atoms with Gasteiger partial charge in [0, 0.05) is 25.3 Å². The Balaban J connectivity index is 1.30. The van der Waals surface area contributed by atoms with E-state index in [0.29, 0.717) is 12.6 Å². The molecule has 1 fully saturated rings. The van der Waals surface area contributed by atoms with Crippen molar-refractivity contribution >= 4 is 0 Å². The number of nitrogens with zero attached hydrogens (tertiary/aromatic N) is 1. The Bertz CT molecular complexity index is 535. The molecule has 0 radical (unpaired) electrons. The molecular formula is C17H22N2O2. The second-order valence-corrected chi connectivity index (χ2v) is 5.58. The van der Waals surface area contributed by atoms with Gasteiger partial charge in [-0.3, -0.25) is 0 Å². The Morgan fingerprint density at radius 2 is 2.10 bits per heavy atom. The zero-order chi connectivity index (χ0) is 14.3. The summed E-state index contributed by atoms with van der Waals surface area (Å²) >= 11 is 0. The molecule has 1 N–H and O–H groups in total. The first-order chi connectivity index (χ1) is 10.4. The molecule has 1 heterocycles. The van der Waals surface area contributed by atoms with Crippen LogP contribution in [-0.4, -0.2) is 17.8 Å². The zero-order valence-corrected chi connectivity index (χ0v) is 12.3. The molecule has 1 aliphatic rings. The van der Waals surface area contributed by atoms with Crippen molar-refractivity contribution in [2.45, 2.75) is 44.9 Å². The van der Waals surface area contributed by atoms with E-state index in [-0.39, 0.29) is 0 Å². The molecule has 0 amide bonds. The third kappa shape index (κ3) is 4.99. The number of rotatable bonds is 9. The number of nitrogens with one attached hydrogen (secondary N) is 1. The van der Waals surface area contributed by atoms with Gasteiger partial charge in [-0.05, 0) is 31.2 Å². The third-order valence-electron chi connectivity index (χ3n) is 3.60. The summed E-state index contributed by atoms with van der Waals surface area (Å²) in [5.74, 6) is 0.808. The molecule has 2 aromatic rings. The molecule has 1 aromatic carbocycles. The largest absolute Gasteiger partial charge is 0.373 e. The van der Waals surface area contributed by atoms with Crippen LogP contribution in [0.5, 0.6) is 0 Å². The van der Waals surface area contributed by atoms with Gasteiger partial charge in [-0.25, -0.2) is 0 Å². The van der Waals surface area contributed by atoms with Crippen molar-refractivity contribution in [1.82, 2.24) is 10.5 Å². The highest BCUT2D eigenvalue weighted by Gasteiger charge is 2.20. The lowest BCUT2D eigenvalue weighted by Crippen LogP contribution is -2.15. The first-order valence-corrected chi connectivity index (χ1v) is 7.70. The van der Waals surface area contributed by atoms with Crippen molar-refractivity contribution < 1.29 is 9.26 Å². The monoisotopic (exact) mass is 286 g/mol. The van der Waals surface area contributed by atoms with Gasteiger partial charge in [0.05, 0.1) is 5.69 Å². The summed E-state index contributed by atoms with van der Waals surface area (Å²) in [5.41, 5.74) is 2.32. The number of aromatic nitrogens is 1. The predicted octanol–water partition coefficient (Wildman–Crippen LogP) is 3.08. The molecule has 0 spiro atoms. The molecule has 0 bridgehead atoms. The van der Waals surface area contributed by atoms with E-state index in [0.717, 1.165) is 37.4 Å². The topological polar surface area (TPSA) is 47.3 Å². The van der Waals surface area contributed by atoms with Crippen LogP contribution in [-0.2, 0) is 24.3 Å². The van der Waals surface area contributed by atoms with Crippen LogP contribution < -0.4 is 5.32 Å². The summed E-state index contributed by atoms with van der Waals surface area (Å²) in [4.78, 5) is 0. The number of aryl methyl sites for hydroxylation is 1. The second kappa shape index (κ2) is 7.38. The van der Waals surface area contributed by atoms with E-state index in [2.05, 4.69) is 34.7 Å². The Kier molecular flexibility index (Phi) is 5.03. The standard InChI is InChI=1S/C17H22N2O2/c1-2-5-14(6-3-1)7-4-10-20-13-17-11-16(19-21-17)12-18-15-8-9-15/h1-3,5-6,11,15,18H,4,7-10,12-13H2. The molecule has 0 atom stereocenters. The van der Waals surface area contributed by atoms with E-state index in [9.17, 15) is 0 Å². The van der Waals surface area contributed by atoms with Crippen molar-refractivity contribution in [3.05, 3.63) is 53.4 Å². The van der Waals surface area contributed by atoms with E-state index >= 15 is 0 Å². The molecule has 0 aliphatic heterocycles.